The maximum absolute atomic E-state index is 5.90. The van der Waals surface area contributed by atoms with E-state index in [-0.39, 0.29) is 0 Å². The van der Waals surface area contributed by atoms with Crippen molar-refractivity contribution in [3.8, 4) is 11.6 Å². The first kappa shape index (κ1) is 13.9. The lowest BCUT2D eigenvalue weighted by Gasteiger charge is -2.07. The molecule has 0 aliphatic heterocycles. The first-order valence-electron chi connectivity index (χ1n) is 6.51. The van der Waals surface area contributed by atoms with Crippen LogP contribution in [0.2, 0.25) is 0 Å². The highest BCUT2D eigenvalue weighted by Crippen LogP contribution is 2.22. The van der Waals surface area contributed by atoms with Gasteiger partial charge in [0.25, 0.3) is 0 Å². The highest BCUT2D eigenvalue weighted by molar-refractivity contribution is 6.17. The van der Waals surface area contributed by atoms with E-state index in [9.17, 15) is 0 Å². The number of nitrogens with zero attached hydrogens (tertiary/aromatic N) is 3. The molecular weight excluding hydrogens is 262 g/mol. The Bertz CT molecular complexity index is 539. The van der Waals surface area contributed by atoms with Gasteiger partial charge in [-0.15, -0.1) is 11.6 Å². The molecular formula is C14H18ClN3O. The fourth-order valence-electron chi connectivity index (χ4n) is 1.82. The zero-order chi connectivity index (χ0) is 13.7. The molecule has 0 N–H and O–H groups in total. The van der Waals surface area contributed by atoms with Gasteiger partial charge in [0.1, 0.15) is 0 Å². The van der Waals surface area contributed by atoms with E-state index in [0.717, 1.165) is 30.6 Å². The zero-order valence-electron chi connectivity index (χ0n) is 11.3. The van der Waals surface area contributed by atoms with E-state index in [2.05, 4.69) is 17.0 Å². The summed E-state index contributed by atoms with van der Waals surface area (Å²) in [6, 6.07) is 3.90. The van der Waals surface area contributed by atoms with Crippen LogP contribution in [0.15, 0.2) is 24.5 Å². The van der Waals surface area contributed by atoms with Gasteiger partial charge in [0.2, 0.25) is 5.88 Å². The first-order chi connectivity index (χ1) is 9.25. The average molecular weight is 280 g/mol. The van der Waals surface area contributed by atoms with Crippen molar-refractivity contribution < 1.29 is 4.74 Å². The molecule has 0 amide bonds. The molecule has 4 nitrogen and oxygen atoms in total. The van der Waals surface area contributed by atoms with Crippen molar-refractivity contribution in [2.45, 2.75) is 39.1 Å². The van der Waals surface area contributed by atoms with Crippen LogP contribution < -0.4 is 4.74 Å². The smallest absolute Gasteiger partial charge is 0.219 e. The fourth-order valence-corrected chi connectivity index (χ4v) is 1.98. The highest BCUT2D eigenvalue weighted by Gasteiger charge is 2.06. The van der Waals surface area contributed by atoms with Crippen LogP contribution in [0.5, 0.6) is 11.6 Å². The maximum atomic E-state index is 5.90. The Morgan fingerprint density at radius 2 is 2.16 bits per heavy atom. The van der Waals surface area contributed by atoms with E-state index in [1.165, 1.54) is 0 Å². The summed E-state index contributed by atoms with van der Waals surface area (Å²) in [6.45, 7) is 4.98. The second-order valence-electron chi connectivity index (χ2n) is 4.32. The van der Waals surface area contributed by atoms with Gasteiger partial charge in [0, 0.05) is 24.2 Å². The quantitative estimate of drug-likeness (QED) is 0.756. The molecule has 0 spiro atoms. The number of pyridine rings is 1. The van der Waals surface area contributed by atoms with E-state index in [1.807, 2.05) is 29.9 Å². The summed E-state index contributed by atoms with van der Waals surface area (Å²) in [5, 5.41) is 4.17. The molecule has 0 aliphatic rings. The van der Waals surface area contributed by atoms with Crippen molar-refractivity contribution in [2.24, 2.45) is 0 Å². The largest absolute Gasteiger partial charge is 0.436 e. The summed E-state index contributed by atoms with van der Waals surface area (Å²) in [4.78, 5) is 4.48. The van der Waals surface area contributed by atoms with Gasteiger partial charge in [-0.05, 0) is 25.0 Å². The van der Waals surface area contributed by atoms with Crippen molar-refractivity contribution >= 4 is 11.6 Å². The molecule has 0 atom stereocenters. The minimum atomic E-state index is 0.462. The summed E-state index contributed by atoms with van der Waals surface area (Å²) in [5.41, 5.74) is 2.04. The monoisotopic (exact) mass is 279 g/mol. The molecule has 0 aliphatic carbocycles. The Hall–Kier alpha value is -1.55. The number of ether oxygens (including phenoxy) is 1. The summed E-state index contributed by atoms with van der Waals surface area (Å²) in [5.74, 6) is 1.74. The molecule has 0 fully saturated rings. The minimum absolute atomic E-state index is 0.462. The molecule has 19 heavy (non-hydrogen) atoms. The predicted octanol–water partition coefficient (Wildman–Crippen LogP) is 3.78. The van der Waals surface area contributed by atoms with Crippen LogP contribution in [-0.2, 0) is 18.8 Å². The van der Waals surface area contributed by atoms with Gasteiger partial charge in [-0.1, -0.05) is 13.3 Å². The Balaban J connectivity index is 2.20. The van der Waals surface area contributed by atoms with Crippen LogP contribution in [0.1, 0.15) is 31.5 Å². The number of hydrogen-bond donors (Lipinski definition) is 0. The third-order valence-electron chi connectivity index (χ3n) is 2.73. The third-order valence-corrected chi connectivity index (χ3v) is 3.04. The molecule has 2 aromatic rings. The van der Waals surface area contributed by atoms with Crippen LogP contribution in [0, 0.1) is 0 Å². The lowest BCUT2D eigenvalue weighted by Crippen LogP contribution is -1.96. The number of aryl methyl sites for hydroxylation is 2. The maximum Gasteiger partial charge on any atom is 0.219 e. The molecule has 0 saturated heterocycles. The van der Waals surface area contributed by atoms with Crippen LogP contribution in [0.25, 0.3) is 0 Å². The number of alkyl halides is 1. The van der Waals surface area contributed by atoms with E-state index < -0.39 is 0 Å². The van der Waals surface area contributed by atoms with Crippen molar-refractivity contribution in [1.29, 1.82) is 0 Å². The molecule has 0 saturated carbocycles. The van der Waals surface area contributed by atoms with Crippen molar-refractivity contribution in [3.05, 3.63) is 35.8 Å². The second-order valence-corrected chi connectivity index (χ2v) is 4.59. The molecule has 0 bridgehead atoms. The molecule has 2 rings (SSSR count). The molecule has 0 aromatic carbocycles. The molecule has 5 heteroatoms. The first-order valence-corrected chi connectivity index (χ1v) is 7.04. The van der Waals surface area contributed by atoms with Gasteiger partial charge in [-0.3, -0.25) is 4.68 Å². The Morgan fingerprint density at radius 1 is 1.32 bits per heavy atom. The van der Waals surface area contributed by atoms with E-state index in [1.54, 1.807) is 6.20 Å². The van der Waals surface area contributed by atoms with Gasteiger partial charge >= 0.3 is 0 Å². The normalized spacial score (nSPS) is 10.7. The molecule has 102 valence electrons. The Labute approximate surface area is 118 Å². The summed E-state index contributed by atoms with van der Waals surface area (Å²) >= 11 is 5.90. The standard InChI is InChI=1S/C14H18ClN3O/c1-3-5-12-6-11(8-15)7-14(17-12)19-13-9-16-18(4-2)10-13/h6-7,9-10H,3-5,8H2,1-2H3. The number of hydrogen-bond acceptors (Lipinski definition) is 3. The van der Waals surface area contributed by atoms with Crippen molar-refractivity contribution in [2.75, 3.05) is 0 Å². The lowest BCUT2D eigenvalue weighted by atomic mass is 10.2. The van der Waals surface area contributed by atoms with E-state index in [4.69, 9.17) is 16.3 Å². The van der Waals surface area contributed by atoms with E-state index >= 15 is 0 Å². The van der Waals surface area contributed by atoms with Gasteiger partial charge < -0.3 is 4.74 Å². The molecule has 0 radical (unpaired) electrons. The van der Waals surface area contributed by atoms with Crippen molar-refractivity contribution in [3.63, 3.8) is 0 Å². The summed E-state index contributed by atoms with van der Waals surface area (Å²) < 4.78 is 7.55. The summed E-state index contributed by atoms with van der Waals surface area (Å²) in [6.07, 6.45) is 5.52. The SMILES string of the molecule is CCCc1cc(CCl)cc(Oc2cnn(CC)c2)n1. The van der Waals surface area contributed by atoms with Crippen molar-refractivity contribution in [1.82, 2.24) is 14.8 Å². The topological polar surface area (TPSA) is 39.9 Å². The Morgan fingerprint density at radius 3 is 2.79 bits per heavy atom. The summed E-state index contributed by atoms with van der Waals surface area (Å²) in [7, 11) is 0. The molecule has 2 heterocycles. The lowest BCUT2D eigenvalue weighted by molar-refractivity contribution is 0.459. The van der Waals surface area contributed by atoms with Crippen LogP contribution >= 0.6 is 11.6 Å². The van der Waals surface area contributed by atoms with Crippen LogP contribution in [0.4, 0.5) is 0 Å². The zero-order valence-corrected chi connectivity index (χ0v) is 12.0. The fraction of sp³-hybridized carbons (Fsp3) is 0.429. The average Bonchev–Trinajstić information content (AvgIpc) is 2.86. The van der Waals surface area contributed by atoms with Gasteiger partial charge in [-0.25, -0.2) is 4.98 Å². The van der Waals surface area contributed by atoms with Crippen LogP contribution in [0.3, 0.4) is 0 Å². The number of aromatic nitrogens is 3. The highest BCUT2D eigenvalue weighted by atomic mass is 35.5. The van der Waals surface area contributed by atoms with Crippen LogP contribution in [-0.4, -0.2) is 14.8 Å². The minimum Gasteiger partial charge on any atom is -0.436 e. The third kappa shape index (κ3) is 3.70. The van der Waals surface area contributed by atoms with E-state index in [0.29, 0.717) is 17.5 Å². The second kappa shape index (κ2) is 6.57. The van der Waals surface area contributed by atoms with Gasteiger partial charge in [-0.2, -0.15) is 5.10 Å². The van der Waals surface area contributed by atoms with Gasteiger partial charge in [0.15, 0.2) is 5.75 Å². The van der Waals surface area contributed by atoms with Gasteiger partial charge in [0.05, 0.1) is 12.4 Å². The number of halogens is 1. The molecule has 2 aromatic heterocycles. The Kier molecular flexibility index (Phi) is 4.80. The predicted molar refractivity (Wildman–Crippen MR) is 75.8 cm³/mol. The molecule has 0 unspecified atom stereocenters. The number of rotatable bonds is 6.